The molecule has 29 heavy (non-hydrogen) atoms. The number of rotatable bonds is 5. The maximum absolute atomic E-state index is 6.04. The number of hydrogen-bond donors (Lipinski definition) is 0. The molecule has 3 aromatic heterocycles. The summed E-state index contributed by atoms with van der Waals surface area (Å²) in [5.74, 6) is 0. The van der Waals surface area contributed by atoms with E-state index in [1.807, 2.05) is 30.8 Å². The first-order chi connectivity index (χ1) is 14.2. The van der Waals surface area contributed by atoms with Crippen molar-refractivity contribution in [2.75, 3.05) is 13.1 Å². The fourth-order valence-corrected chi connectivity index (χ4v) is 4.78. The van der Waals surface area contributed by atoms with E-state index in [2.05, 4.69) is 49.6 Å². The number of fused-ring (bicyclic) bond motifs is 1. The molecule has 0 unspecified atom stereocenters. The van der Waals surface area contributed by atoms with Crippen LogP contribution in [0.25, 0.3) is 21.2 Å². The topological polar surface area (TPSA) is 56.1 Å². The minimum Gasteiger partial charge on any atom is -0.460 e. The van der Waals surface area contributed by atoms with E-state index in [-0.39, 0.29) is 6.10 Å². The number of aromatic nitrogens is 4. The van der Waals surface area contributed by atoms with E-state index in [4.69, 9.17) is 4.74 Å². The Balaban J connectivity index is 1.16. The van der Waals surface area contributed by atoms with Gasteiger partial charge in [0.2, 0.25) is 0 Å². The predicted octanol–water partition coefficient (Wildman–Crippen LogP) is 4.14. The number of piperidine rings is 1. The van der Waals surface area contributed by atoms with Crippen molar-refractivity contribution in [3.05, 3.63) is 60.0 Å². The van der Waals surface area contributed by atoms with Crippen molar-refractivity contribution in [1.82, 2.24) is 24.6 Å². The van der Waals surface area contributed by atoms with Crippen LogP contribution in [0.1, 0.15) is 18.4 Å². The zero-order valence-corrected chi connectivity index (χ0v) is 17.2. The second kappa shape index (κ2) is 7.93. The molecule has 0 spiro atoms. The minimum absolute atomic E-state index is 0.176. The van der Waals surface area contributed by atoms with Crippen molar-refractivity contribution < 1.29 is 4.74 Å². The number of nitrogens with zero attached hydrogens (tertiary/aromatic N) is 5. The largest absolute Gasteiger partial charge is 0.460 e. The third-order valence-corrected chi connectivity index (χ3v) is 6.44. The van der Waals surface area contributed by atoms with Crippen molar-refractivity contribution in [2.24, 2.45) is 7.05 Å². The van der Waals surface area contributed by atoms with E-state index >= 15 is 0 Å². The van der Waals surface area contributed by atoms with Gasteiger partial charge in [0.1, 0.15) is 6.10 Å². The average molecular weight is 406 g/mol. The van der Waals surface area contributed by atoms with Gasteiger partial charge in [-0.2, -0.15) is 5.10 Å². The molecule has 0 aliphatic carbocycles. The Morgan fingerprint density at radius 1 is 1.07 bits per heavy atom. The molecule has 1 aromatic carbocycles. The molecule has 4 heterocycles. The normalized spacial score (nSPS) is 15.8. The van der Waals surface area contributed by atoms with Crippen LogP contribution in [0, 0.1) is 0 Å². The van der Waals surface area contributed by atoms with Crippen LogP contribution in [0.5, 0.6) is 6.01 Å². The molecule has 0 N–H and O–H groups in total. The van der Waals surface area contributed by atoms with Crippen LogP contribution in [-0.2, 0) is 13.6 Å². The quantitative estimate of drug-likeness (QED) is 0.500. The monoisotopic (exact) mass is 405 g/mol. The Morgan fingerprint density at radius 2 is 1.86 bits per heavy atom. The van der Waals surface area contributed by atoms with Crippen LogP contribution < -0.4 is 4.74 Å². The van der Waals surface area contributed by atoms with E-state index in [9.17, 15) is 0 Å². The molecule has 0 saturated carbocycles. The molecule has 148 valence electrons. The Labute approximate surface area is 173 Å². The lowest BCUT2D eigenvalue weighted by Crippen LogP contribution is -2.38. The molecule has 1 fully saturated rings. The maximum atomic E-state index is 6.04. The highest BCUT2D eigenvalue weighted by Gasteiger charge is 2.22. The standard InChI is InChI=1S/C22H23N5OS/c1-26-13-17(12-25-26)16-10-23-22(24-11-16)28-19-6-8-27(9-7-19)14-18-15-29-21-5-3-2-4-20(18)21/h2-5,10-13,15,19H,6-9,14H2,1H3. The van der Waals surface area contributed by atoms with Crippen molar-refractivity contribution in [2.45, 2.75) is 25.5 Å². The third-order valence-electron chi connectivity index (χ3n) is 5.43. The first kappa shape index (κ1) is 18.3. The molecular formula is C22H23N5OS. The summed E-state index contributed by atoms with van der Waals surface area (Å²) >= 11 is 1.83. The lowest BCUT2D eigenvalue weighted by atomic mass is 10.1. The van der Waals surface area contributed by atoms with Gasteiger partial charge in [0.15, 0.2) is 0 Å². The highest BCUT2D eigenvalue weighted by atomic mass is 32.1. The number of hydrogen-bond acceptors (Lipinski definition) is 6. The number of aryl methyl sites for hydroxylation is 1. The predicted molar refractivity (Wildman–Crippen MR) is 115 cm³/mol. The molecule has 0 atom stereocenters. The van der Waals surface area contributed by atoms with Gasteiger partial charge in [0, 0.05) is 61.1 Å². The first-order valence-electron chi connectivity index (χ1n) is 9.90. The second-order valence-corrected chi connectivity index (χ2v) is 8.42. The van der Waals surface area contributed by atoms with Gasteiger partial charge in [-0.25, -0.2) is 9.97 Å². The van der Waals surface area contributed by atoms with Crippen LogP contribution in [-0.4, -0.2) is 43.8 Å². The summed E-state index contributed by atoms with van der Waals surface area (Å²) in [6.45, 7) is 3.07. The summed E-state index contributed by atoms with van der Waals surface area (Å²) < 4.78 is 9.18. The second-order valence-electron chi connectivity index (χ2n) is 7.51. The van der Waals surface area contributed by atoms with Crippen LogP contribution >= 0.6 is 11.3 Å². The van der Waals surface area contributed by atoms with Crippen molar-refractivity contribution >= 4 is 21.4 Å². The Morgan fingerprint density at radius 3 is 2.62 bits per heavy atom. The molecule has 1 saturated heterocycles. The lowest BCUT2D eigenvalue weighted by Gasteiger charge is -2.31. The summed E-state index contributed by atoms with van der Waals surface area (Å²) in [5, 5.41) is 7.87. The van der Waals surface area contributed by atoms with Gasteiger partial charge in [-0.1, -0.05) is 18.2 Å². The van der Waals surface area contributed by atoms with E-state index in [1.54, 1.807) is 17.1 Å². The Hall–Kier alpha value is -2.77. The molecule has 5 rings (SSSR count). The average Bonchev–Trinajstić information content (AvgIpc) is 3.37. The fourth-order valence-electron chi connectivity index (χ4n) is 3.83. The SMILES string of the molecule is Cn1cc(-c2cnc(OC3CCN(Cc4csc5ccccc45)CC3)nc2)cn1. The summed E-state index contributed by atoms with van der Waals surface area (Å²) in [6.07, 6.45) is 9.53. The van der Waals surface area contributed by atoms with Crippen LogP contribution in [0.15, 0.2) is 54.4 Å². The van der Waals surface area contributed by atoms with E-state index in [0.29, 0.717) is 6.01 Å². The van der Waals surface area contributed by atoms with Gasteiger partial charge in [-0.3, -0.25) is 9.58 Å². The van der Waals surface area contributed by atoms with Gasteiger partial charge >= 0.3 is 6.01 Å². The molecule has 6 nitrogen and oxygen atoms in total. The molecule has 4 aromatic rings. The summed E-state index contributed by atoms with van der Waals surface area (Å²) in [6, 6.07) is 9.11. The van der Waals surface area contributed by atoms with Crippen molar-refractivity contribution in [3.63, 3.8) is 0 Å². The van der Waals surface area contributed by atoms with E-state index < -0.39 is 0 Å². The Bertz CT molecular complexity index is 1100. The minimum atomic E-state index is 0.176. The van der Waals surface area contributed by atoms with Gasteiger partial charge in [-0.05, 0) is 35.2 Å². The zero-order chi connectivity index (χ0) is 19.6. The van der Waals surface area contributed by atoms with E-state index in [1.165, 1.54) is 15.6 Å². The first-order valence-corrected chi connectivity index (χ1v) is 10.8. The molecule has 0 amide bonds. The number of thiophene rings is 1. The summed E-state index contributed by atoms with van der Waals surface area (Å²) in [4.78, 5) is 11.3. The molecule has 1 aliphatic rings. The van der Waals surface area contributed by atoms with Crippen LogP contribution in [0.3, 0.4) is 0 Å². The summed E-state index contributed by atoms with van der Waals surface area (Å²) in [5.41, 5.74) is 3.39. The van der Waals surface area contributed by atoms with Gasteiger partial charge < -0.3 is 4.74 Å². The molecule has 7 heteroatoms. The number of benzene rings is 1. The third kappa shape index (κ3) is 4.02. The van der Waals surface area contributed by atoms with Crippen LogP contribution in [0.4, 0.5) is 0 Å². The van der Waals surface area contributed by atoms with Crippen LogP contribution in [0.2, 0.25) is 0 Å². The van der Waals surface area contributed by atoms with Gasteiger partial charge in [-0.15, -0.1) is 11.3 Å². The van der Waals surface area contributed by atoms with Crippen molar-refractivity contribution in [1.29, 1.82) is 0 Å². The zero-order valence-electron chi connectivity index (χ0n) is 16.4. The van der Waals surface area contributed by atoms with E-state index in [0.717, 1.165) is 43.6 Å². The van der Waals surface area contributed by atoms with Gasteiger partial charge in [0.05, 0.1) is 6.20 Å². The number of ether oxygens (including phenoxy) is 1. The maximum Gasteiger partial charge on any atom is 0.316 e. The molecular weight excluding hydrogens is 382 g/mol. The molecule has 0 radical (unpaired) electrons. The number of likely N-dealkylation sites (tertiary alicyclic amines) is 1. The van der Waals surface area contributed by atoms with Gasteiger partial charge in [0.25, 0.3) is 0 Å². The molecule has 1 aliphatic heterocycles. The Kier molecular flexibility index (Phi) is 4.99. The lowest BCUT2D eigenvalue weighted by molar-refractivity contribution is 0.0895. The highest BCUT2D eigenvalue weighted by molar-refractivity contribution is 7.17. The fraction of sp³-hybridized carbons (Fsp3) is 0.318. The molecule has 0 bridgehead atoms. The summed E-state index contributed by atoms with van der Waals surface area (Å²) in [7, 11) is 1.90. The highest BCUT2D eigenvalue weighted by Crippen LogP contribution is 2.28. The smallest absolute Gasteiger partial charge is 0.316 e. The van der Waals surface area contributed by atoms with Crippen molar-refractivity contribution in [3.8, 4) is 17.1 Å².